The van der Waals surface area contributed by atoms with E-state index in [0.717, 1.165) is 11.3 Å². The molecule has 2 N–H and O–H groups in total. The maximum Gasteiger partial charge on any atom is 0.156 e. The fraction of sp³-hybridized carbons (Fsp3) is 0.250. The van der Waals surface area contributed by atoms with Crippen molar-refractivity contribution in [1.29, 1.82) is 0 Å². The van der Waals surface area contributed by atoms with Crippen LogP contribution in [0.25, 0.3) is 0 Å². The Labute approximate surface area is 135 Å². The summed E-state index contributed by atoms with van der Waals surface area (Å²) >= 11 is 12.4. The summed E-state index contributed by atoms with van der Waals surface area (Å²) in [7, 11) is 0. The van der Waals surface area contributed by atoms with E-state index in [4.69, 9.17) is 27.9 Å². The monoisotopic (exact) mass is 324 g/mol. The molecule has 0 heterocycles. The van der Waals surface area contributed by atoms with Crippen molar-refractivity contribution < 1.29 is 4.74 Å². The van der Waals surface area contributed by atoms with Gasteiger partial charge in [-0.05, 0) is 43.7 Å². The Morgan fingerprint density at radius 1 is 1.05 bits per heavy atom. The van der Waals surface area contributed by atoms with E-state index in [2.05, 4.69) is 10.9 Å². The lowest BCUT2D eigenvalue weighted by atomic mass is 10.2. The maximum atomic E-state index is 6.22. The third-order valence-electron chi connectivity index (χ3n) is 2.71. The summed E-state index contributed by atoms with van der Waals surface area (Å²) in [6.45, 7) is 4.47. The van der Waals surface area contributed by atoms with Gasteiger partial charge in [-0.25, -0.2) is 5.43 Å². The third-order valence-corrected chi connectivity index (χ3v) is 3.27. The van der Waals surface area contributed by atoms with Gasteiger partial charge in [0.1, 0.15) is 0 Å². The van der Waals surface area contributed by atoms with Crippen molar-refractivity contribution in [3.8, 4) is 5.75 Å². The SMILES string of the molecule is CC(C)Oc1c(Cl)cc(CNNc2ccccc2)cc1Cl. The minimum atomic E-state index is 0.0312. The van der Waals surface area contributed by atoms with Crippen molar-refractivity contribution in [1.82, 2.24) is 5.43 Å². The number of para-hydroxylation sites is 1. The smallest absolute Gasteiger partial charge is 0.156 e. The topological polar surface area (TPSA) is 33.3 Å². The van der Waals surface area contributed by atoms with Gasteiger partial charge in [-0.2, -0.15) is 0 Å². The van der Waals surface area contributed by atoms with E-state index >= 15 is 0 Å². The van der Waals surface area contributed by atoms with Crippen molar-refractivity contribution in [3.63, 3.8) is 0 Å². The van der Waals surface area contributed by atoms with Gasteiger partial charge in [0.25, 0.3) is 0 Å². The third kappa shape index (κ3) is 4.81. The van der Waals surface area contributed by atoms with Crippen molar-refractivity contribution in [2.75, 3.05) is 5.43 Å². The quantitative estimate of drug-likeness (QED) is 0.741. The fourth-order valence-electron chi connectivity index (χ4n) is 1.83. The first-order chi connectivity index (χ1) is 10.1. The number of rotatable bonds is 6. The number of hydrazine groups is 1. The number of nitrogens with one attached hydrogen (secondary N) is 2. The summed E-state index contributed by atoms with van der Waals surface area (Å²) in [5.74, 6) is 0.535. The Bertz CT molecular complexity index is 565. The standard InChI is InChI=1S/C16H18Cl2N2O/c1-11(2)21-16-14(17)8-12(9-15(16)18)10-19-20-13-6-4-3-5-7-13/h3-9,11,19-20H,10H2,1-2H3. The summed E-state index contributed by atoms with van der Waals surface area (Å²) in [4.78, 5) is 0. The summed E-state index contributed by atoms with van der Waals surface area (Å²) in [5.41, 5.74) is 8.21. The Morgan fingerprint density at radius 2 is 1.67 bits per heavy atom. The summed E-state index contributed by atoms with van der Waals surface area (Å²) in [6, 6.07) is 13.6. The average Bonchev–Trinajstić information content (AvgIpc) is 2.44. The maximum absolute atomic E-state index is 6.22. The van der Waals surface area contributed by atoms with Crippen LogP contribution in [-0.2, 0) is 6.54 Å². The molecule has 0 aromatic heterocycles. The Morgan fingerprint density at radius 3 is 2.24 bits per heavy atom. The van der Waals surface area contributed by atoms with E-state index < -0.39 is 0 Å². The van der Waals surface area contributed by atoms with E-state index in [0.29, 0.717) is 22.3 Å². The van der Waals surface area contributed by atoms with Gasteiger partial charge in [-0.1, -0.05) is 41.4 Å². The van der Waals surface area contributed by atoms with Crippen molar-refractivity contribution in [2.45, 2.75) is 26.5 Å². The van der Waals surface area contributed by atoms with Crippen LogP contribution in [0.15, 0.2) is 42.5 Å². The molecule has 0 atom stereocenters. The molecule has 0 aliphatic rings. The summed E-state index contributed by atoms with van der Waals surface area (Å²) in [6.07, 6.45) is 0.0312. The summed E-state index contributed by atoms with van der Waals surface area (Å²) < 4.78 is 5.60. The van der Waals surface area contributed by atoms with E-state index in [-0.39, 0.29) is 6.10 Å². The van der Waals surface area contributed by atoms with E-state index in [1.54, 1.807) is 0 Å². The van der Waals surface area contributed by atoms with Crippen LogP contribution in [-0.4, -0.2) is 6.10 Å². The molecule has 5 heteroatoms. The second-order valence-electron chi connectivity index (χ2n) is 4.90. The highest BCUT2D eigenvalue weighted by molar-refractivity contribution is 6.37. The largest absolute Gasteiger partial charge is 0.488 e. The Balaban J connectivity index is 1.98. The lowest BCUT2D eigenvalue weighted by Crippen LogP contribution is -2.20. The predicted octanol–water partition coefficient (Wildman–Crippen LogP) is 4.90. The second-order valence-corrected chi connectivity index (χ2v) is 5.71. The molecule has 21 heavy (non-hydrogen) atoms. The first-order valence-electron chi connectivity index (χ1n) is 6.74. The molecule has 2 aromatic carbocycles. The molecule has 0 amide bonds. The number of benzene rings is 2. The van der Waals surface area contributed by atoms with Crippen LogP contribution in [0.3, 0.4) is 0 Å². The lowest BCUT2D eigenvalue weighted by molar-refractivity contribution is 0.242. The molecule has 0 saturated heterocycles. The van der Waals surface area contributed by atoms with Crippen LogP contribution >= 0.6 is 23.2 Å². The van der Waals surface area contributed by atoms with Crippen molar-refractivity contribution in [2.24, 2.45) is 0 Å². The van der Waals surface area contributed by atoms with Gasteiger partial charge < -0.3 is 10.2 Å². The number of ether oxygens (including phenoxy) is 1. The molecule has 0 saturated carbocycles. The van der Waals surface area contributed by atoms with Gasteiger partial charge in [0.05, 0.1) is 16.1 Å². The van der Waals surface area contributed by atoms with E-state index in [1.807, 2.05) is 56.3 Å². The molecular weight excluding hydrogens is 307 g/mol. The number of anilines is 1. The molecule has 0 bridgehead atoms. The van der Waals surface area contributed by atoms with E-state index in [9.17, 15) is 0 Å². The lowest BCUT2D eigenvalue weighted by Gasteiger charge is -2.15. The number of halogens is 2. The molecule has 3 nitrogen and oxygen atoms in total. The highest BCUT2D eigenvalue weighted by Gasteiger charge is 2.11. The molecule has 0 spiro atoms. The molecule has 112 valence electrons. The van der Waals surface area contributed by atoms with Gasteiger partial charge >= 0.3 is 0 Å². The minimum Gasteiger partial charge on any atom is -0.488 e. The highest BCUT2D eigenvalue weighted by Crippen LogP contribution is 2.34. The number of hydrogen-bond donors (Lipinski definition) is 2. The Hall–Kier alpha value is -1.42. The molecule has 0 aliphatic heterocycles. The predicted molar refractivity (Wildman–Crippen MR) is 89.1 cm³/mol. The van der Waals surface area contributed by atoms with Gasteiger partial charge in [-0.3, -0.25) is 0 Å². The molecular formula is C16H18Cl2N2O. The molecule has 2 rings (SSSR count). The molecule has 2 aromatic rings. The molecule has 0 fully saturated rings. The van der Waals surface area contributed by atoms with Crippen LogP contribution in [0.5, 0.6) is 5.75 Å². The normalized spacial score (nSPS) is 10.7. The van der Waals surface area contributed by atoms with Crippen molar-refractivity contribution >= 4 is 28.9 Å². The van der Waals surface area contributed by atoms with Gasteiger partial charge in [-0.15, -0.1) is 0 Å². The first kappa shape index (κ1) is 16.0. The van der Waals surface area contributed by atoms with Crippen LogP contribution in [0.2, 0.25) is 10.0 Å². The van der Waals surface area contributed by atoms with Crippen molar-refractivity contribution in [3.05, 3.63) is 58.1 Å². The first-order valence-corrected chi connectivity index (χ1v) is 7.50. The zero-order valence-electron chi connectivity index (χ0n) is 12.0. The van der Waals surface area contributed by atoms with Crippen LogP contribution in [0, 0.1) is 0 Å². The minimum absolute atomic E-state index is 0.0312. The fourth-order valence-corrected chi connectivity index (χ4v) is 2.45. The molecule has 0 aliphatic carbocycles. The zero-order chi connectivity index (χ0) is 15.2. The zero-order valence-corrected chi connectivity index (χ0v) is 13.5. The summed E-state index contributed by atoms with van der Waals surface area (Å²) in [5, 5.41) is 1.04. The van der Waals surface area contributed by atoms with Gasteiger partial charge in [0.15, 0.2) is 5.75 Å². The van der Waals surface area contributed by atoms with Gasteiger partial charge in [0.2, 0.25) is 0 Å². The molecule has 0 unspecified atom stereocenters. The van der Waals surface area contributed by atoms with Gasteiger partial charge in [0, 0.05) is 12.2 Å². The Kier molecular flexibility index (Phi) is 5.74. The van der Waals surface area contributed by atoms with E-state index in [1.165, 1.54) is 0 Å². The highest BCUT2D eigenvalue weighted by atomic mass is 35.5. The molecule has 0 radical (unpaired) electrons. The van der Waals surface area contributed by atoms with Crippen LogP contribution < -0.4 is 15.6 Å². The van der Waals surface area contributed by atoms with Crippen LogP contribution in [0.1, 0.15) is 19.4 Å². The number of hydrogen-bond acceptors (Lipinski definition) is 3. The average molecular weight is 325 g/mol. The second kappa shape index (κ2) is 7.55. The van der Waals surface area contributed by atoms with Crippen LogP contribution in [0.4, 0.5) is 5.69 Å².